The molecule has 1 aromatic carbocycles. The Balaban J connectivity index is 2.59. The molecule has 94 valence electrons. The van der Waals surface area contributed by atoms with Crippen molar-refractivity contribution >= 4 is 40.8 Å². The van der Waals surface area contributed by atoms with E-state index in [-0.39, 0.29) is 0 Å². The Labute approximate surface area is 120 Å². The van der Waals surface area contributed by atoms with Gasteiger partial charge in [0.25, 0.3) is 0 Å². The topological polar surface area (TPSA) is 29.0 Å². The van der Waals surface area contributed by atoms with E-state index in [1.165, 1.54) is 0 Å². The predicted octanol–water partition coefficient (Wildman–Crippen LogP) is 4.17. The average molecular weight is 303 g/mol. The number of nitrogens with zero attached hydrogens (tertiary/aromatic N) is 3. The van der Waals surface area contributed by atoms with Crippen molar-refractivity contribution in [2.24, 2.45) is 0 Å². The monoisotopic (exact) mass is 301 g/mol. The SMILES string of the molecule is CN(C)c1nc(Cl)c(-c2cccc(Cl)c2)c(Cl)n1. The first-order chi connectivity index (χ1) is 8.49. The molecule has 0 fully saturated rings. The van der Waals surface area contributed by atoms with Crippen LogP contribution in [-0.4, -0.2) is 24.1 Å². The minimum atomic E-state index is 0.306. The summed E-state index contributed by atoms with van der Waals surface area (Å²) in [6.07, 6.45) is 0. The normalized spacial score (nSPS) is 10.5. The van der Waals surface area contributed by atoms with Gasteiger partial charge in [-0.1, -0.05) is 46.9 Å². The highest BCUT2D eigenvalue weighted by Gasteiger charge is 2.14. The fraction of sp³-hybridized carbons (Fsp3) is 0.167. The lowest BCUT2D eigenvalue weighted by atomic mass is 10.1. The zero-order valence-electron chi connectivity index (χ0n) is 9.78. The van der Waals surface area contributed by atoms with Crippen LogP contribution in [0.3, 0.4) is 0 Å². The van der Waals surface area contributed by atoms with Gasteiger partial charge in [0.05, 0.1) is 5.56 Å². The first-order valence-electron chi connectivity index (χ1n) is 5.15. The van der Waals surface area contributed by atoms with E-state index in [4.69, 9.17) is 34.8 Å². The van der Waals surface area contributed by atoms with Crippen molar-refractivity contribution in [3.8, 4) is 11.1 Å². The second-order valence-corrected chi connectivity index (χ2v) is 5.04. The molecule has 2 aromatic rings. The van der Waals surface area contributed by atoms with Crippen LogP contribution in [0.15, 0.2) is 24.3 Å². The third-order valence-corrected chi connectivity index (χ3v) is 3.10. The van der Waals surface area contributed by atoms with E-state index in [2.05, 4.69) is 9.97 Å². The van der Waals surface area contributed by atoms with E-state index in [1.807, 2.05) is 26.2 Å². The number of anilines is 1. The van der Waals surface area contributed by atoms with Gasteiger partial charge in [-0.15, -0.1) is 0 Å². The van der Waals surface area contributed by atoms with E-state index >= 15 is 0 Å². The molecule has 2 rings (SSSR count). The Morgan fingerprint density at radius 1 is 1.00 bits per heavy atom. The van der Waals surface area contributed by atoms with Gasteiger partial charge in [-0.2, -0.15) is 0 Å². The lowest BCUT2D eigenvalue weighted by Gasteiger charge is -2.13. The minimum Gasteiger partial charge on any atom is -0.347 e. The van der Waals surface area contributed by atoms with Crippen LogP contribution >= 0.6 is 34.8 Å². The minimum absolute atomic E-state index is 0.306. The summed E-state index contributed by atoms with van der Waals surface area (Å²) >= 11 is 18.3. The molecule has 0 aliphatic carbocycles. The molecular formula is C12H10Cl3N3. The van der Waals surface area contributed by atoms with Crippen molar-refractivity contribution in [1.82, 2.24) is 9.97 Å². The first kappa shape index (κ1) is 13.4. The second-order valence-electron chi connectivity index (χ2n) is 3.89. The molecule has 1 heterocycles. The molecule has 3 nitrogen and oxygen atoms in total. The van der Waals surface area contributed by atoms with Crippen LogP contribution in [0.4, 0.5) is 5.95 Å². The van der Waals surface area contributed by atoms with Gasteiger partial charge in [0.2, 0.25) is 5.95 Å². The molecular weight excluding hydrogens is 293 g/mol. The van der Waals surface area contributed by atoms with Gasteiger partial charge >= 0.3 is 0 Å². The highest BCUT2D eigenvalue weighted by molar-refractivity contribution is 6.38. The Kier molecular flexibility index (Phi) is 3.95. The molecule has 0 atom stereocenters. The molecule has 0 amide bonds. The van der Waals surface area contributed by atoms with E-state index in [1.54, 1.807) is 17.0 Å². The first-order valence-corrected chi connectivity index (χ1v) is 6.28. The number of benzene rings is 1. The smallest absolute Gasteiger partial charge is 0.227 e. The lowest BCUT2D eigenvalue weighted by Crippen LogP contribution is -2.13. The van der Waals surface area contributed by atoms with Crippen LogP contribution in [0.5, 0.6) is 0 Å². The maximum absolute atomic E-state index is 6.16. The van der Waals surface area contributed by atoms with E-state index in [9.17, 15) is 0 Å². The fourth-order valence-electron chi connectivity index (χ4n) is 1.48. The predicted molar refractivity (Wildman–Crippen MR) is 76.8 cm³/mol. The van der Waals surface area contributed by atoms with Crippen LogP contribution < -0.4 is 4.90 Å². The summed E-state index contributed by atoms with van der Waals surface area (Å²) < 4.78 is 0. The van der Waals surface area contributed by atoms with Crippen LogP contribution in [0.25, 0.3) is 11.1 Å². The fourth-order valence-corrected chi connectivity index (χ4v) is 2.27. The Bertz CT molecular complexity index is 562. The summed E-state index contributed by atoms with van der Waals surface area (Å²) in [4.78, 5) is 10.1. The van der Waals surface area contributed by atoms with Crippen molar-refractivity contribution in [3.05, 3.63) is 39.6 Å². The number of halogens is 3. The van der Waals surface area contributed by atoms with Gasteiger partial charge in [-0.05, 0) is 17.7 Å². The Morgan fingerprint density at radius 2 is 1.61 bits per heavy atom. The quantitative estimate of drug-likeness (QED) is 0.780. The lowest BCUT2D eigenvalue weighted by molar-refractivity contribution is 1.00. The molecule has 1 aromatic heterocycles. The molecule has 0 radical (unpaired) electrons. The Hall–Kier alpha value is -1.03. The maximum Gasteiger partial charge on any atom is 0.227 e. The van der Waals surface area contributed by atoms with Gasteiger partial charge in [-0.3, -0.25) is 0 Å². The largest absolute Gasteiger partial charge is 0.347 e. The highest BCUT2D eigenvalue weighted by Crippen LogP contribution is 2.34. The summed E-state index contributed by atoms with van der Waals surface area (Å²) in [5.74, 6) is 0.468. The molecule has 0 bridgehead atoms. The van der Waals surface area contributed by atoms with Crippen molar-refractivity contribution in [2.45, 2.75) is 0 Å². The second kappa shape index (κ2) is 5.31. The van der Waals surface area contributed by atoms with Crippen molar-refractivity contribution in [1.29, 1.82) is 0 Å². The van der Waals surface area contributed by atoms with Crippen molar-refractivity contribution in [3.63, 3.8) is 0 Å². The third kappa shape index (κ3) is 2.69. The zero-order valence-corrected chi connectivity index (χ0v) is 12.1. The highest BCUT2D eigenvalue weighted by atomic mass is 35.5. The van der Waals surface area contributed by atoms with Gasteiger partial charge in [0.1, 0.15) is 10.3 Å². The third-order valence-electron chi connectivity index (χ3n) is 2.32. The standard InChI is InChI=1S/C12H10Cl3N3/c1-18(2)12-16-10(14)9(11(15)17-12)7-4-3-5-8(13)6-7/h3-6H,1-2H3. The van der Waals surface area contributed by atoms with Crippen molar-refractivity contribution < 1.29 is 0 Å². The van der Waals surface area contributed by atoms with Gasteiger partial charge in [0, 0.05) is 19.1 Å². The molecule has 0 saturated heterocycles. The number of aromatic nitrogens is 2. The molecule has 0 spiro atoms. The average Bonchev–Trinajstić information content (AvgIpc) is 2.27. The van der Waals surface area contributed by atoms with E-state index < -0.39 is 0 Å². The van der Waals surface area contributed by atoms with Gasteiger partial charge < -0.3 is 4.90 Å². The molecule has 6 heteroatoms. The van der Waals surface area contributed by atoms with Crippen LogP contribution in [0.2, 0.25) is 15.3 Å². The number of hydrogen-bond acceptors (Lipinski definition) is 3. The number of hydrogen-bond donors (Lipinski definition) is 0. The molecule has 0 unspecified atom stereocenters. The van der Waals surface area contributed by atoms with Crippen molar-refractivity contribution in [2.75, 3.05) is 19.0 Å². The molecule has 0 N–H and O–H groups in total. The summed E-state index contributed by atoms with van der Waals surface area (Å²) in [7, 11) is 3.64. The molecule has 0 aliphatic heterocycles. The number of rotatable bonds is 2. The van der Waals surface area contributed by atoms with Crippen LogP contribution in [0, 0.1) is 0 Å². The summed E-state index contributed by atoms with van der Waals surface area (Å²) in [6.45, 7) is 0. The summed E-state index contributed by atoms with van der Waals surface area (Å²) in [6, 6.07) is 7.23. The maximum atomic E-state index is 6.16. The van der Waals surface area contributed by atoms with Gasteiger partial charge in [-0.25, -0.2) is 9.97 Å². The van der Waals surface area contributed by atoms with Crippen LogP contribution in [-0.2, 0) is 0 Å². The molecule has 18 heavy (non-hydrogen) atoms. The summed E-state index contributed by atoms with van der Waals surface area (Å²) in [5.41, 5.74) is 1.38. The molecule has 0 aliphatic rings. The van der Waals surface area contributed by atoms with Gasteiger partial charge in [0.15, 0.2) is 0 Å². The van der Waals surface area contributed by atoms with E-state index in [0.717, 1.165) is 5.56 Å². The van der Waals surface area contributed by atoms with Crippen LogP contribution in [0.1, 0.15) is 0 Å². The zero-order chi connectivity index (χ0) is 13.3. The van der Waals surface area contributed by atoms with E-state index in [0.29, 0.717) is 26.8 Å². The molecule has 0 saturated carbocycles. The Morgan fingerprint density at radius 3 is 2.11 bits per heavy atom. The summed E-state index contributed by atoms with van der Waals surface area (Å²) in [5, 5.41) is 1.22.